The van der Waals surface area contributed by atoms with Crippen molar-refractivity contribution >= 4 is 30.7 Å². The first-order chi connectivity index (χ1) is 8.45. The van der Waals surface area contributed by atoms with Gasteiger partial charge in [-0.05, 0) is 33.8 Å². The minimum Gasteiger partial charge on any atom is -0.338 e. The van der Waals surface area contributed by atoms with E-state index < -0.39 is 0 Å². The van der Waals surface area contributed by atoms with Crippen molar-refractivity contribution in [3.8, 4) is 0 Å². The summed E-state index contributed by atoms with van der Waals surface area (Å²) in [5.41, 5.74) is 2.00. The minimum atomic E-state index is 0. The molecule has 2 rings (SSSR count). The summed E-state index contributed by atoms with van der Waals surface area (Å²) >= 11 is 0. The molecule has 0 radical (unpaired) electrons. The van der Waals surface area contributed by atoms with E-state index in [0.717, 1.165) is 24.5 Å². The molecule has 1 saturated heterocycles. The number of aromatic nitrogens is 2. The molecule has 1 aromatic heterocycles. The zero-order chi connectivity index (χ0) is 13.3. The second-order valence-electron chi connectivity index (χ2n) is 5.35. The molecule has 0 spiro atoms. The lowest BCUT2D eigenvalue weighted by molar-refractivity contribution is -0.133. The van der Waals surface area contributed by atoms with Crippen molar-refractivity contribution < 1.29 is 4.79 Å². The highest BCUT2D eigenvalue weighted by Crippen LogP contribution is 2.07. The molecule has 116 valence electrons. The number of hydrogen-bond acceptors (Lipinski definition) is 3. The van der Waals surface area contributed by atoms with E-state index >= 15 is 0 Å². The largest absolute Gasteiger partial charge is 0.338 e. The van der Waals surface area contributed by atoms with E-state index in [1.807, 2.05) is 24.8 Å². The van der Waals surface area contributed by atoms with Crippen LogP contribution in [0.15, 0.2) is 6.07 Å². The van der Waals surface area contributed by atoms with E-state index in [1.165, 1.54) is 0 Å². The molecule has 2 unspecified atom stereocenters. The van der Waals surface area contributed by atoms with E-state index in [4.69, 9.17) is 0 Å². The summed E-state index contributed by atoms with van der Waals surface area (Å²) in [6.07, 6.45) is 0. The molecule has 2 atom stereocenters. The smallest absolute Gasteiger partial charge is 0.244 e. The Morgan fingerprint density at radius 3 is 2.30 bits per heavy atom. The number of carbonyl (C=O) groups is 1. The van der Waals surface area contributed by atoms with Gasteiger partial charge in [0.1, 0.15) is 6.54 Å². The average Bonchev–Trinajstić information content (AvgIpc) is 2.56. The van der Waals surface area contributed by atoms with Gasteiger partial charge in [-0.2, -0.15) is 5.10 Å². The Hall–Kier alpha value is -0.780. The molecule has 1 fully saturated rings. The number of rotatable bonds is 2. The number of amides is 1. The van der Waals surface area contributed by atoms with Crippen molar-refractivity contribution in [2.24, 2.45) is 0 Å². The van der Waals surface area contributed by atoms with Crippen LogP contribution in [0, 0.1) is 13.8 Å². The number of aryl methyl sites for hydroxylation is 2. The van der Waals surface area contributed by atoms with Crippen LogP contribution in [0.3, 0.4) is 0 Å². The quantitative estimate of drug-likeness (QED) is 0.898. The fourth-order valence-corrected chi connectivity index (χ4v) is 2.59. The van der Waals surface area contributed by atoms with Gasteiger partial charge in [-0.3, -0.25) is 9.48 Å². The van der Waals surface area contributed by atoms with Gasteiger partial charge < -0.3 is 10.2 Å². The highest BCUT2D eigenvalue weighted by atomic mass is 35.5. The van der Waals surface area contributed by atoms with Gasteiger partial charge in [0.05, 0.1) is 5.69 Å². The first kappa shape index (κ1) is 19.2. The Labute approximate surface area is 132 Å². The summed E-state index contributed by atoms with van der Waals surface area (Å²) in [6.45, 7) is 10.1. The average molecular weight is 323 g/mol. The minimum absolute atomic E-state index is 0. The summed E-state index contributed by atoms with van der Waals surface area (Å²) in [5, 5.41) is 7.76. The Morgan fingerprint density at radius 2 is 1.85 bits per heavy atom. The predicted molar refractivity (Wildman–Crippen MR) is 84.8 cm³/mol. The van der Waals surface area contributed by atoms with Crippen molar-refractivity contribution in [2.45, 2.75) is 46.3 Å². The molecule has 1 amide bonds. The zero-order valence-electron chi connectivity index (χ0n) is 12.4. The predicted octanol–water partition coefficient (Wildman–Crippen LogP) is 1.55. The van der Waals surface area contributed by atoms with Crippen molar-refractivity contribution in [3.63, 3.8) is 0 Å². The van der Waals surface area contributed by atoms with Crippen LogP contribution >= 0.6 is 24.8 Å². The van der Waals surface area contributed by atoms with E-state index in [9.17, 15) is 4.79 Å². The van der Waals surface area contributed by atoms with Crippen LogP contribution in [-0.4, -0.2) is 45.8 Å². The molecule has 0 saturated carbocycles. The number of halogens is 2. The second-order valence-corrected chi connectivity index (χ2v) is 5.35. The van der Waals surface area contributed by atoms with E-state index in [0.29, 0.717) is 18.6 Å². The molecular weight excluding hydrogens is 299 g/mol. The molecule has 7 heteroatoms. The summed E-state index contributed by atoms with van der Waals surface area (Å²) in [5.74, 6) is 0.154. The Kier molecular flexibility index (Phi) is 7.55. The summed E-state index contributed by atoms with van der Waals surface area (Å²) in [6, 6.07) is 2.72. The molecule has 5 nitrogen and oxygen atoms in total. The Balaban J connectivity index is 0.00000180. The van der Waals surface area contributed by atoms with Gasteiger partial charge in [-0.15, -0.1) is 24.8 Å². The summed E-state index contributed by atoms with van der Waals surface area (Å²) < 4.78 is 1.79. The normalized spacial score (nSPS) is 21.9. The first-order valence-corrected chi connectivity index (χ1v) is 6.50. The number of nitrogens with one attached hydrogen (secondary N) is 1. The number of piperazine rings is 1. The SMILES string of the molecule is Cc1cc(C)n(CC(=O)N2CC(C)NC(C)C2)n1.Cl.Cl. The van der Waals surface area contributed by atoms with E-state index in [2.05, 4.69) is 24.3 Å². The van der Waals surface area contributed by atoms with Gasteiger partial charge in [-0.1, -0.05) is 0 Å². The van der Waals surface area contributed by atoms with Gasteiger partial charge in [-0.25, -0.2) is 0 Å². The van der Waals surface area contributed by atoms with Gasteiger partial charge in [0.15, 0.2) is 0 Å². The lowest BCUT2D eigenvalue weighted by atomic mass is 10.1. The van der Waals surface area contributed by atoms with Crippen LogP contribution in [0.1, 0.15) is 25.2 Å². The third-order valence-corrected chi connectivity index (χ3v) is 3.30. The number of nitrogens with zero attached hydrogens (tertiary/aromatic N) is 3. The highest BCUT2D eigenvalue weighted by molar-refractivity contribution is 5.85. The lowest BCUT2D eigenvalue weighted by Crippen LogP contribution is -2.56. The molecule has 0 bridgehead atoms. The van der Waals surface area contributed by atoms with E-state index in [-0.39, 0.29) is 30.7 Å². The first-order valence-electron chi connectivity index (χ1n) is 6.50. The van der Waals surface area contributed by atoms with Crippen molar-refractivity contribution in [1.82, 2.24) is 20.0 Å². The molecular formula is C13H24Cl2N4O. The van der Waals surface area contributed by atoms with Gasteiger partial charge in [0.2, 0.25) is 5.91 Å². The van der Waals surface area contributed by atoms with Gasteiger partial charge in [0.25, 0.3) is 0 Å². The monoisotopic (exact) mass is 322 g/mol. The highest BCUT2D eigenvalue weighted by Gasteiger charge is 2.25. The van der Waals surface area contributed by atoms with Crippen molar-refractivity contribution in [1.29, 1.82) is 0 Å². The lowest BCUT2D eigenvalue weighted by Gasteiger charge is -2.36. The Morgan fingerprint density at radius 1 is 1.30 bits per heavy atom. The van der Waals surface area contributed by atoms with Crippen LogP contribution in [0.25, 0.3) is 0 Å². The third-order valence-electron chi connectivity index (χ3n) is 3.30. The molecule has 1 aliphatic rings. The van der Waals surface area contributed by atoms with Crippen molar-refractivity contribution in [2.75, 3.05) is 13.1 Å². The standard InChI is InChI=1S/C13H22N4O.2ClH/c1-9-5-12(4)17(15-9)8-13(18)16-6-10(2)14-11(3)7-16;;/h5,10-11,14H,6-8H2,1-4H3;2*1H. The van der Waals surface area contributed by atoms with Crippen LogP contribution < -0.4 is 5.32 Å². The molecule has 1 N–H and O–H groups in total. The maximum Gasteiger partial charge on any atom is 0.244 e. The molecule has 1 aromatic rings. The van der Waals surface area contributed by atoms with E-state index in [1.54, 1.807) is 4.68 Å². The van der Waals surface area contributed by atoms with Crippen LogP contribution in [0.2, 0.25) is 0 Å². The van der Waals surface area contributed by atoms with Crippen LogP contribution in [0.5, 0.6) is 0 Å². The molecule has 0 aromatic carbocycles. The molecule has 0 aliphatic carbocycles. The topological polar surface area (TPSA) is 50.2 Å². The van der Waals surface area contributed by atoms with Crippen LogP contribution in [0.4, 0.5) is 0 Å². The third kappa shape index (κ3) is 4.65. The van der Waals surface area contributed by atoms with Crippen LogP contribution in [-0.2, 0) is 11.3 Å². The fourth-order valence-electron chi connectivity index (χ4n) is 2.59. The molecule has 1 aliphatic heterocycles. The van der Waals surface area contributed by atoms with Gasteiger partial charge in [0, 0.05) is 30.9 Å². The van der Waals surface area contributed by atoms with Crippen molar-refractivity contribution in [3.05, 3.63) is 17.5 Å². The number of hydrogen-bond donors (Lipinski definition) is 1. The Bertz CT molecular complexity index is 440. The van der Waals surface area contributed by atoms with Gasteiger partial charge >= 0.3 is 0 Å². The number of carbonyl (C=O) groups excluding carboxylic acids is 1. The zero-order valence-corrected chi connectivity index (χ0v) is 14.1. The molecule has 20 heavy (non-hydrogen) atoms. The second kappa shape index (κ2) is 7.86. The maximum absolute atomic E-state index is 12.3. The summed E-state index contributed by atoms with van der Waals surface area (Å²) in [7, 11) is 0. The molecule has 2 heterocycles. The maximum atomic E-state index is 12.3. The summed E-state index contributed by atoms with van der Waals surface area (Å²) in [4.78, 5) is 14.2. The fraction of sp³-hybridized carbons (Fsp3) is 0.692.